The number of halogens is 1. The number of rotatable bonds is 8. The topological polar surface area (TPSA) is 70.6 Å². The number of nitrogens with zero attached hydrogens (tertiary/aromatic N) is 1. The summed E-state index contributed by atoms with van der Waals surface area (Å²) in [5.74, 6) is 1.64. The van der Waals surface area contributed by atoms with Crippen LogP contribution in [0, 0.1) is 5.92 Å². The highest BCUT2D eigenvalue weighted by atomic mass is 127. The first kappa shape index (κ1) is 21.3. The molecule has 7 heteroatoms. The van der Waals surface area contributed by atoms with Gasteiger partial charge >= 0.3 is 0 Å². The molecule has 0 rings (SSSR count). The molecular formula is C12H28IN3O2S. The van der Waals surface area contributed by atoms with E-state index in [0.29, 0.717) is 18.4 Å². The van der Waals surface area contributed by atoms with Gasteiger partial charge in [0.05, 0.1) is 5.75 Å². The van der Waals surface area contributed by atoms with Crippen LogP contribution in [-0.4, -0.2) is 46.0 Å². The van der Waals surface area contributed by atoms with Crippen LogP contribution in [0.1, 0.15) is 33.6 Å². The van der Waals surface area contributed by atoms with Gasteiger partial charge in [-0.1, -0.05) is 33.6 Å². The van der Waals surface area contributed by atoms with Gasteiger partial charge in [-0.15, -0.1) is 24.0 Å². The summed E-state index contributed by atoms with van der Waals surface area (Å²) in [6.07, 6.45) is 2.26. The van der Waals surface area contributed by atoms with E-state index >= 15 is 0 Å². The SMILES string of the molecule is CCC(CC)CNC(=NC)NCCS(=O)(=O)CC.I. The maximum atomic E-state index is 11.3. The van der Waals surface area contributed by atoms with Crippen LogP contribution in [0.3, 0.4) is 0 Å². The second kappa shape index (κ2) is 11.7. The van der Waals surface area contributed by atoms with Gasteiger partial charge in [0.2, 0.25) is 0 Å². The van der Waals surface area contributed by atoms with Gasteiger partial charge in [0.25, 0.3) is 0 Å². The Morgan fingerprint density at radius 3 is 2.16 bits per heavy atom. The van der Waals surface area contributed by atoms with Crippen molar-refractivity contribution in [2.24, 2.45) is 10.9 Å². The minimum absolute atomic E-state index is 0. The maximum absolute atomic E-state index is 11.3. The van der Waals surface area contributed by atoms with Gasteiger partial charge in [-0.25, -0.2) is 8.42 Å². The van der Waals surface area contributed by atoms with Crippen LogP contribution >= 0.6 is 24.0 Å². The van der Waals surface area contributed by atoms with Crippen molar-refractivity contribution < 1.29 is 8.42 Å². The Bertz CT molecular complexity index is 341. The van der Waals surface area contributed by atoms with Gasteiger partial charge in [-0.2, -0.15) is 0 Å². The van der Waals surface area contributed by atoms with Crippen molar-refractivity contribution in [1.29, 1.82) is 0 Å². The molecule has 0 fully saturated rings. The predicted molar refractivity (Wildman–Crippen MR) is 93.2 cm³/mol. The number of sulfone groups is 1. The van der Waals surface area contributed by atoms with E-state index in [1.54, 1.807) is 14.0 Å². The molecule has 0 aliphatic heterocycles. The van der Waals surface area contributed by atoms with Crippen LogP contribution in [0.2, 0.25) is 0 Å². The van der Waals surface area contributed by atoms with Crippen LogP contribution < -0.4 is 10.6 Å². The van der Waals surface area contributed by atoms with E-state index in [4.69, 9.17) is 0 Å². The molecule has 0 atom stereocenters. The maximum Gasteiger partial charge on any atom is 0.191 e. The molecule has 0 saturated carbocycles. The molecular weight excluding hydrogens is 377 g/mol. The summed E-state index contributed by atoms with van der Waals surface area (Å²) in [7, 11) is -1.22. The molecule has 5 nitrogen and oxygen atoms in total. The van der Waals surface area contributed by atoms with Crippen LogP contribution in [-0.2, 0) is 9.84 Å². The van der Waals surface area contributed by atoms with Gasteiger partial charge in [0.1, 0.15) is 0 Å². The fourth-order valence-electron chi connectivity index (χ4n) is 1.51. The standard InChI is InChI=1S/C12H27N3O2S.HI/c1-5-11(6-2)10-15-12(13-4)14-8-9-18(16,17)7-3;/h11H,5-10H2,1-4H3,(H2,13,14,15);1H. The van der Waals surface area contributed by atoms with E-state index in [1.165, 1.54) is 0 Å². The minimum Gasteiger partial charge on any atom is -0.356 e. The molecule has 0 heterocycles. The Hall–Kier alpha value is -0.0500. The summed E-state index contributed by atoms with van der Waals surface area (Å²) in [5.41, 5.74) is 0. The van der Waals surface area contributed by atoms with E-state index in [2.05, 4.69) is 29.5 Å². The highest BCUT2D eigenvalue weighted by molar-refractivity contribution is 14.0. The highest BCUT2D eigenvalue weighted by Gasteiger charge is 2.08. The lowest BCUT2D eigenvalue weighted by Gasteiger charge is -2.16. The Morgan fingerprint density at radius 2 is 1.74 bits per heavy atom. The zero-order valence-corrected chi connectivity index (χ0v) is 15.5. The van der Waals surface area contributed by atoms with Crippen LogP contribution in [0.4, 0.5) is 0 Å². The summed E-state index contributed by atoms with van der Waals surface area (Å²) in [4.78, 5) is 4.07. The normalized spacial score (nSPS) is 12.2. The molecule has 0 aromatic heterocycles. The summed E-state index contributed by atoms with van der Waals surface area (Å²) in [6.45, 7) is 7.27. The molecule has 0 aliphatic rings. The molecule has 0 bridgehead atoms. The molecule has 0 amide bonds. The van der Waals surface area contributed by atoms with Gasteiger partial charge in [0, 0.05) is 25.9 Å². The molecule has 0 aliphatic carbocycles. The average molecular weight is 405 g/mol. The fraction of sp³-hybridized carbons (Fsp3) is 0.917. The summed E-state index contributed by atoms with van der Waals surface area (Å²) < 4.78 is 22.7. The number of guanidine groups is 1. The van der Waals surface area contributed by atoms with E-state index in [9.17, 15) is 8.42 Å². The Balaban J connectivity index is 0. The first-order chi connectivity index (χ1) is 8.49. The minimum atomic E-state index is -2.91. The van der Waals surface area contributed by atoms with E-state index in [0.717, 1.165) is 19.4 Å². The van der Waals surface area contributed by atoms with Crippen molar-refractivity contribution in [2.75, 3.05) is 31.6 Å². The second-order valence-electron chi connectivity index (χ2n) is 4.30. The first-order valence-corrected chi connectivity index (χ1v) is 8.46. The van der Waals surface area contributed by atoms with Crippen molar-refractivity contribution in [3.8, 4) is 0 Å². The summed E-state index contributed by atoms with van der Waals surface area (Å²) in [5, 5.41) is 6.24. The number of hydrogen-bond donors (Lipinski definition) is 2. The quantitative estimate of drug-likeness (QED) is 0.366. The molecule has 0 radical (unpaired) electrons. The van der Waals surface area contributed by atoms with Gasteiger partial charge < -0.3 is 10.6 Å². The van der Waals surface area contributed by atoms with E-state index < -0.39 is 9.84 Å². The third-order valence-electron chi connectivity index (χ3n) is 3.08. The lowest BCUT2D eigenvalue weighted by Crippen LogP contribution is -2.41. The van der Waals surface area contributed by atoms with Gasteiger partial charge in [-0.05, 0) is 5.92 Å². The Kier molecular flexibility index (Phi) is 13.1. The van der Waals surface area contributed by atoms with Gasteiger partial charge in [-0.3, -0.25) is 4.99 Å². The zero-order valence-electron chi connectivity index (χ0n) is 12.4. The molecule has 19 heavy (non-hydrogen) atoms. The fourth-order valence-corrected chi connectivity index (χ4v) is 2.21. The zero-order chi connectivity index (χ0) is 14.0. The van der Waals surface area contributed by atoms with Crippen molar-refractivity contribution in [3.05, 3.63) is 0 Å². The monoisotopic (exact) mass is 405 g/mol. The molecule has 0 spiro atoms. The Morgan fingerprint density at radius 1 is 1.16 bits per heavy atom. The van der Waals surface area contributed by atoms with Crippen molar-refractivity contribution in [2.45, 2.75) is 33.6 Å². The lowest BCUT2D eigenvalue weighted by molar-refractivity contribution is 0.481. The van der Waals surface area contributed by atoms with Crippen LogP contribution in [0.25, 0.3) is 0 Å². The highest BCUT2D eigenvalue weighted by Crippen LogP contribution is 2.04. The average Bonchev–Trinajstić information content (AvgIpc) is 2.37. The van der Waals surface area contributed by atoms with Crippen molar-refractivity contribution in [3.63, 3.8) is 0 Å². The van der Waals surface area contributed by atoms with E-state index in [-0.39, 0.29) is 35.5 Å². The second-order valence-corrected chi connectivity index (χ2v) is 6.77. The third-order valence-corrected chi connectivity index (χ3v) is 4.79. The summed E-state index contributed by atoms with van der Waals surface area (Å²) >= 11 is 0. The number of nitrogens with one attached hydrogen (secondary N) is 2. The smallest absolute Gasteiger partial charge is 0.191 e. The lowest BCUT2D eigenvalue weighted by atomic mass is 10.0. The number of hydrogen-bond acceptors (Lipinski definition) is 3. The van der Waals surface area contributed by atoms with Crippen molar-refractivity contribution in [1.82, 2.24) is 10.6 Å². The molecule has 0 unspecified atom stereocenters. The largest absolute Gasteiger partial charge is 0.356 e. The predicted octanol–water partition coefficient (Wildman–Crippen LogP) is 1.64. The molecule has 2 N–H and O–H groups in total. The van der Waals surface area contributed by atoms with Crippen LogP contribution in [0.5, 0.6) is 0 Å². The summed E-state index contributed by atoms with van der Waals surface area (Å²) in [6, 6.07) is 0. The van der Waals surface area contributed by atoms with E-state index in [1.807, 2.05) is 0 Å². The van der Waals surface area contributed by atoms with Gasteiger partial charge in [0.15, 0.2) is 15.8 Å². The molecule has 0 aromatic carbocycles. The Labute approximate surface area is 135 Å². The molecule has 0 saturated heterocycles. The van der Waals surface area contributed by atoms with Crippen LogP contribution in [0.15, 0.2) is 4.99 Å². The number of aliphatic imine (C=N–C) groups is 1. The molecule has 0 aromatic rings. The first-order valence-electron chi connectivity index (χ1n) is 6.63. The molecule has 116 valence electrons. The third kappa shape index (κ3) is 10.4. The van der Waals surface area contributed by atoms with Crippen molar-refractivity contribution >= 4 is 39.8 Å².